The predicted molar refractivity (Wildman–Crippen MR) is 127 cm³/mol. The molecule has 0 unspecified atom stereocenters. The molecular formula is C23H25BrN2O5S. The first-order chi connectivity index (χ1) is 15.4. The summed E-state index contributed by atoms with van der Waals surface area (Å²) in [5, 5.41) is -0.445. The highest BCUT2D eigenvalue weighted by Crippen LogP contribution is 2.38. The third-order valence-corrected chi connectivity index (χ3v) is 6.68. The number of likely N-dealkylation sites (tertiary alicyclic amines) is 1. The summed E-state index contributed by atoms with van der Waals surface area (Å²) < 4.78 is 11.8. The van der Waals surface area contributed by atoms with Gasteiger partial charge in [0.2, 0.25) is 5.91 Å². The number of rotatable bonds is 7. The zero-order valence-corrected chi connectivity index (χ0v) is 20.3. The lowest BCUT2D eigenvalue weighted by molar-refractivity contribution is -0.135. The van der Waals surface area contributed by atoms with Gasteiger partial charge < -0.3 is 14.4 Å². The number of terminal acetylenes is 1. The Morgan fingerprint density at radius 2 is 1.88 bits per heavy atom. The van der Waals surface area contributed by atoms with Crippen molar-refractivity contribution in [1.82, 2.24) is 9.80 Å². The van der Waals surface area contributed by atoms with Crippen LogP contribution in [-0.4, -0.2) is 59.7 Å². The van der Waals surface area contributed by atoms with Crippen LogP contribution in [0.1, 0.15) is 38.2 Å². The van der Waals surface area contributed by atoms with Crippen molar-refractivity contribution < 1.29 is 23.9 Å². The van der Waals surface area contributed by atoms with Crippen LogP contribution in [0.2, 0.25) is 0 Å². The van der Waals surface area contributed by atoms with Crippen molar-refractivity contribution in [2.75, 3.05) is 32.8 Å². The molecule has 2 saturated heterocycles. The fourth-order valence-corrected chi connectivity index (χ4v) is 4.76. The van der Waals surface area contributed by atoms with Gasteiger partial charge in [-0.05, 0) is 55.3 Å². The fourth-order valence-electron chi connectivity index (χ4n) is 3.49. The molecule has 0 spiro atoms. The van der Waals surface area contributed by atoms with Crippen LogP contribution in [0.25, 0.3) is 6.08 Å². The van der Waals surface area contributed by atoms with Gasteiger partial charge in [-0.15, -0.1) is 6.42 Å². The average molecular weight is 521 g/mol. The highest BCUT2D eigenvalue weighted by molar-refractivity contribution is 9.10. The standard InChI is InChI=1S/C23H25BrN2O5S/c1-3-11-31-19-14-17(24)16(12-18(19)30-4-2)13-20-22(28)26(23(29)32-20)15-21(27)25-9-7-5-6-8-10-25/h1,12-14H,4-11,15H2,2H3. The van der Waals surface area contributed by atoms with Gasteiger partial charge in [-0.1, -0.05) is 34.7 Å². The van der Waals surface area contributed by atoms with Crippen molar-refractivity contribution in [2.24, 2.45) is 0 Å². The first-order valence-electron chi connectivity index (χ1n) is 10.5. The molecule has 0 saturated carbocycles. The largest absolute Gasteiger partial charge is 0.490 e. The van der Waals surface area contributed by atoms with Gasteiger partial charge in [0, 0.05) is 17.6 Å². The molecule has 2 aliphatic heterocycles. The zero-order chi connectivity index (χ0) is 23.1. The Kier molecular flexibility index (Phi) is 8.65. The van der Waals surface area contributed by atoms with E-state index in [4.69, 9.17) is 15.9 Å². The predicted octanol–water partition coefficient (Wildman–Crippen LogP) is 4.30. The summed E-state index contributed by atoms with van der Waals surface area (Å²) in [5.74, 6) is 2.70. The third-order valence-electron chi connectivity index (χ3n) is 5.09. The maximum atomic E-state index is 12.9. The fraction of sp³-hybridized carbons (Fsp3) is 0.435. The maximum absolute atomic E-state index is 12.9. The Morgan fingerprint density at radius 3 is 2.53 bits per heavy atom. The minimum Gasteiger partial charge on any atom is -0.490 e. The Bertz CT molecular complexity index is 964. The molecule has 1 aromatic carbocycles. The van der Waals surface area contributed by atoms with E-state index in [0.29, 0.717) is 41.2 Å². The molecule has 0 N–H and O–H groups in total. The van der Waals surface area contributed by atoms with E-state index in [2.05, 4.69) is 21.9 Å². The number of carbonyl (C=O) groups is 3. The summed E-state index contributed by atoms with van der Waals surface area (Å²) in [7, 11) is 0. The number of carbonyl (C=O) groups excluding carboxylic acids is 3. The van der Waals surface area contributed by atoms with Crippen molar-refractivity contribution in [2.45, 2.75) is 32.6 Å². The van der Waals surface area contributed by atoms with Gasteiger partial charge >= 0.3 is 0 Å². The van der Waals surface area contributed by atoms with Crippen molar-refractivity contribution in [3.05, 3.63) is 27.1 Å². The summed E-state index contributed by atoms with van der Waals surface area (Å²) in [6, 6.07) is 3.43. The second kappa shape index (κ2) is 11.4. The van der Waals surface area contributed by atoms with Gasteiger partial charge in [-0.2, -0.15) is 0 Å². The van der Waals surface area contributed by atoms with Crippen LogP contribution in [0.4, 0.5) is 4.79 Å². The Hall–Kier alpha value is -2.44. The van der Waals surface area contributed by atoms with Crippen LogP contribution in [0, 0.1) is 12.3 Å². The second-order valence-electron chi connectivity index (χ2n) is 7.31. The normalized spacial score (nSPS) is 18.0. The zero-order valence-electron chi connectivity index (χ0n) is 17.9. The van der Waals surface area contributed by atoms with Crippen molar-refractivity contribution in [3.63, 3.8) is 0 Å². The molecule has 9 heteroatoms. The highest BCUT2D eigenvalue weighted by Gasteiger charge is 2.37. The van der Waals surface area contributed by atoms with Crippen LogP contribution in [0.5, 0.6) is 11.5 Å². The first-order valence-corrected chi connectivity index (χ1v) is 12.1. The molecule has 0 atom stereocenters. The van der Waals surface area contributed by atoms with Crippen molar-refractivity contribution in [3.8, 4) is 23.8 Å². The number of halogens is 1. The quantitative estimate of drug-likeness (QED) is 0.394. The number of nitrogens with zero attached hydrogens (tertiary/aromatic N) is 2. The van der Waals surface area contributed by atoms with Gasteiger partial charge in [-0.25, -0.2) is 0 Å². The Balaban J connectivity index is 1.78. The molecule has 32 heavy (non-hydrogen) atoms. The monoisotopic (exact) mass is 520 g/mol. The lowest BCUT2D eigenvalue weighted by Gasteiger charge is -2.22. The molecule has 3 amide bonds. The number of amides is 3. The molecule has 0 bridgehead atoms. The molecule has 0 aromatic heterocycles. The molecular weight excluding hydrogens is 496 g/mol. The summed E-state index contributed by atoms with van der Waals surface area (Å²) in [6.07, 6.45) is 11.0. The van der Waals surface area contributed by atoms with E-state index in [-0.39, 0.29) is 24.0 Å². The van der Waals surface area contributed by atoms with Crippen molar-refractivity contribution >= 4 is 50.8 Å². The van der Waals surface area contributed by atoms with Crippen LogP contribution in [-0.2, 0) is 9.59 Å². The lowest BCUT2D eigenvalue weighted by atomic mass is 10.1. The van der Waals surface area contributed by atoms with E-state index in [1.807, 2.05) is 6.92 Å². The number of benzene rings is 1. The number of hydrogen-bond donors (Lipinski definition) is 0. The van der Waals surface area contributed by atoms with Crippen LogP contribution in [0.3, 0.4) is 0 Å². The minimum absolute atomic E-state index is 0.0931. The van der Waals surface area contributed by atoms with Crippen LogP contribution >= 0.6 is 27.7 Å². The van der Waals surface area contributed by atoms with E-state index in [0.717, 1.165) is 42.3 Å². The molecule has 2 aliphatic rings. The van der Waals surface area contributed by atoms with Crippen LogP contribution < -0.4 is 9.47 Å². The molecule has 2 fully saturated rings. The topological polar surface area (TPSA) is 76.2 Å². The van der Waals surface area contributed by atoms with E-state index in [1.54, 1.807) is 23.1 Å². The third kappa shape index (κ3) is 5.87. The lowest BCUT2D eigenvalue weighted by Crippen LogP contribution is -2.42. The van der Waals surface area contributed by atoms with Crippen LogP contribution in [0.15, 0.2) is 21.5 Å². The number of thioether (sulfide) groups is 1. The number of hydrogen-bond acceptors (Lipinski definition) is 6. The van der Waals surface area contributed by atoms with Gasteiger partial charge in [0.1, 0.15) is 13.2 Å². The smallest absolute Gasteiger partial charge is 0.294 e. The summed E-state index contributed by atoms with van der Waals surface area (Å²) in [4.78, 5) is 41.0. The molecule has 2 heterocycles. The first kappa shape index (κ1) is 24.2. The molecule has 3 rings (SSSR count). The SMILES string of the molecule is C#CCOc1cc(Br)c(C=C2SC(=O)N(CC(=O)N3CCCCCC3)C2=O)cc1OCC. The van der Waals surface area contributed by atoms with Gasteiger partial charge in [0.25, 0.3) is 11.1 Å². The molecule has 0 radical (unpaired) electrons. The molecule has 170 valence electrons. The molecule has 1 aromatic rings. The highest BCUT2D eigenvalue weighted by atomic mass is 79.9. The van der Waals surface area contributed by atoms with Gasteiger partial charge in [0.15, 0.2) is 11.5 Å². The average Bonchev–Trinajstić information content (AvgIpc) is 2.97. The van der Waals surface area contributed by atoms with Gasteiger partial charge in [0.05, 0.1) is 11.5 Å². The van der Waals surface area contributed by atoms with Gasteiger partial charge in [-0.3, -0.25) is 19.3 Å². The van der Waals surface area contributed by atoms with E-state index in [1.165, 1.54) is 0 Å². The minimum atomic E-state index is -0.472. The number of imide groups is 1. The summed E-state index contributed by atoms with van der Waals surface area (Å²) in [6.45, 7) is 3.47. The molecule has 0 aliphatic carbocycles. The Labute approximate surface area is 200 Å². The second-order valence-corrected chi connectivity index (χ2v) is 9.16. The van der Waals surface area contributed by atoms with Crippen molar-refractivity contribution in [1.29, 1.82) is 0 Å². The maximum Gasteiger partial charge on any atom is 0.294 e. The van der Waals surface area contributed by atoms with E-state index >= 15 is 0 Å². The van der Waals surface area contributed by atoms with E-state index in [9.17, 15) is 14.4 Å². The summed E-state index contributed by atoms with van der Waals surface area (Å²) >= 11 is 4.29. The van der Waals surface area contributed by atoms with E-state index < -0.39 is 11.1 Å². The summed E-state index contributed by atoms with van der Waals surface area (Å²) in [5.41, 5.74) is 0.644. The number of ether oxygens (including phenoxy) is 2. The molecule has 7 nitrogen and oxygen atoms in total. The Morgan fingerprint density at radius 1 is 1.19 bits per heavy atom.